The molecule has 0 heterocycles. The SMILES string of the molecule is CN(C)C=N[C]=O. The lowest BCUT2D eigenvalue weighted by molar-refractivity contribution is 0.556. The van der Waals surface area contributed by atoms with Gasteiger partial charge in [-0.2, -0.15) is 4.99 Å². The van der Waals surface area contributed by atoms with Crippen molar-refractivity contribution >= 4 is 12.7 Å². The zero-order valence-corrected chi connectivity index (χ0v) is 4.38. The topological polar surface area (TPSA) is 32.7 Å². The maximum atomic E-state index is 9.36. The first-order valence-corrected chi connectivity index (χ1v) is 1.84. The van der Waals surface area contributed by atoms with Gasteiger partial charge >= 0.3 is 6.41 Å². The third kappa shape index (κ3) is 5.14. The summed E-state index contributed by atoms with van der Waals surface area (Å²) in [6.07, 6.45) is 2.76. The fourth-order valence-electron chi connectivity index (χ4n) is 0.139. The van der Waals surface area contributed by atoms with Gasteiger partial charge in [-0.25, -0.2) is 0 Å². The summed E-state index contributed by atoms with van der Waals surface area (Å²) in [5.41, 5.74) is 0. The molecule has 0 aromatic carbocycles. The van der Waals surface area contributed by atoms with Gasteiger partial charge in [0.05, 0.1) is 6.34 Å². The molecule has 0 N–H and O–H groups in total. The van der Waals surface area contributed by atoms with Crippen LogP contribution in [0, 0.1) is 0 Å². The maximum absolute atomic E-state index is 9.36. The second-order valence-corrected chi connectivity index (χ2v) is 1.30. The highest BCUT2D eigenvalue weighted by molar-refractivity contribution is 5.67. The summed E-state index contributed by atoms with van der Waals surface area (Å²) in [5.74, 6) is 0. The van der Waals surface area contributed by atoms with E-state index in [0.29, 0.717) is 0 Å². The van der Waals surface area contributed by atoms with Crippen LogP contribution in [0.4, 0.5) is 0 Å². The average Bonchev–Trinajstić information content (AvgIpc) is 1.61. The first-order chi connectivity index (χ1) is 3.27. The Morgan fingerprint density at radius 3 is 2.43 bits per heavy atom. The van der Waals surface area contributed by atoms with Gasteiger partial charge in [0, 0.05) is 14.1 Å². The van der Waals surface area contributed by atoms with Crippen LogP contribution in [-0.2, 0) is 4.79 Å². The van der Waals surface area contributed by atoms with Gasteiger partial charge in [-0.05, 0) is 0 Å². The van der Waals surface area contributed by atoms with E-state index in [2.05, 4.69) is 4.99 Å². The number of hydrogen-bond acceptors (Lipinski definition) is 1. The summed E-state index contributed by atoms with van der Waals surface area (Å²) in [6, 6.07) is 0. The summed E-state index contributed by atoms with van der Waals surface area (Å²) in [6.45, 7) is 0. The molecule has 1 amide bonds. The van der Waals surface area contributed by atoms with Crippen molar-refractivity contribution in [2.24, 2.45) is 4.99 Å². The molecule has 3 nitrogen and oxygen atoms in total. The molecule has 0 unspecified atom stereocenters. The Hall–Kier alpha value is -0.860. The van der Waals surface area contributed by atoms with Gasteiger partial charge in [0.25, 0.3) is 0 Å². The van der Waals surface area contributed by atoms with Gasteiger partial charge in [-0.3, -0.25) is 4.79 Å². The van der Waals surface area contributed by atoms with Crippen molar-refractivity contribution in [2.45, 2.75) is 0 Å². The molecular weight excluding hydrogens is 92.1 g/mol. The van der Waals surface area contributed by atoms with Crippen LogP contribution in [0.5, 0.6) is 0 Å². The van der Waals surface area contributed by atoms with Crippen molar-refractivity contribution in [3.63, 3.8) is 0 Å². The standard InChI is InChI=1S/C4H7N2O/c1-6(2)3-5-4-7/h3H,1-2H3. The van der Waals surface area contributed by atoms with Crippen LogP contribution < -0.4 is 0 Å². The lowest BCUT2D eigenvalue weighted by atomic mass is 10.9. The van der Waals surface area contributed by atoms with E-state index in [1.165, 1.54) is 12.7 Å². The Morgan fingerprint density at radius 2 is 2.29 bits per heavy atom. The van der Waals surface area contributed by atoms with Gasteiger partial charge in [0.15, 0.2) is 0 Å². The molecular formula is C4H7N2O. The molecule has 39 valence electrons. The maximum Gasteiger partial charge on any atom is 0.338 e. The quantitative estimate of drug-likeness (QED) is 0.350. The van der Waals surface area contributed by atoms with Gasteiger partial charge < -0.3 is 4.90 Å². The number of rotatable bonds is 2. The Balaban J connectivity index is 3.25. The molecule has 0 aromatic rings. The van der Waals surface area contributed by atoms with Crippen molar-refractivity contribution in [3.8, 4) is 0 Å². The van der Waals surface area contributed by atoms with Gasteiger partial charge in [0.1, 0.15) is 0 Å². The van der Waals surface area contributed by atoms with E-state index in [-0.39, 0.29) is 0 Å². The van der Waals surface area contributed by atoms with Crippen molar-refractivity contribution in [1.82, 2.24) is 4.90 Å². The molecule has 3 heteroatoms. The molecule has 0 aliphatic carbocycles. The minimum atomic E-state index is 1.38. The summed E-state index contributed by atoms with van der Waals surface area (Å²) in [7, 11) is 3.56. The van der Waals surface area contributed by atoms with Gasteiger partial charge in [-0.15, -0.1) is 0 Å². The number of nitrogens with zero attached hydrogens (tertiary/aromatic N) is 2. The second-order valence-electron chi connectivity index (χ2n) is 1.30. The van der Waals surface area contributed by atoms with Gasteiger partial charge in [0.2, 0.25) is 0 Å². The monoisotopic (exact) mass is 99.1 g/mol. The molecule has 0 saturated carbocycles. The normalized spacial score (nSPS) is 9.43. The first kappa shape index (κ1) is 6.14. The van der Waals surface area contributed by atoms with Crippen molar-refractivity contribution < 1.29 is 4.79 Å². The molecule has 7 heavy (non-hydrogen) atoms. The summed E-state index contributed by atoms with van der Waals surface area (Å²) >= 11 is 0. The van der Waals surface area contributed by atoms with E-state index in [9.17, 15) is 4.79 Å². The summed E-state index contributed by atoms with van der Waals surface area (Å²) in [5, 5.41) is 0. The smallest absolute Gasteiger partial charge is 0.338 e. The van der Waals surface area contributed by atoms with Crippen LogP contribution in [0.2, 0.25) is 0 Å². The minimum Gasteiger partial charge on any atom is -0.369 e. The van der Waals surface area contributed by atoms with E-state index >= 15 is 0 Å². The zero-order chi connectivity index (χ0) is 5.70. The Labute approximate surface area is 42.7 Å². The zero-order valence-electron chi connectivity index (χ0n) is 4.38. The Kier molecular flexibility index (Phi) is 2.92. The lowest BCUT2D eigenvalue weighted by Gasteiger charge is -1.97. The first-order valence-electron chi connectivity index (χ1n) is 1.84. The molecule has 1 radical (unpaired) electrons. The average molecular weight is 99.1 g/mol. The molecule has 0 aliphatic heterocycles. The second kappa shape index (κ2) is 3.33. The molecule has 0 atom stereocenters. The highest BCUT2D eigenvalue weighted by Crippen LogP contribution is 1.60. The van der Waals surface area contributed by atoms with Gasteiger partial charge in [-0.1, -0.05) is 0 Å². The van der Waals surface area contributed by atoms with Crippen molar-refractivity contribution in [3.05, 3.63) is 0 Å². The predicted octanol–water partition coefficient (Wildman–Crippen LogP) is -0.357. The molecule has 0 fully saturated rings. The largest absolute Gasteiger partial charge is 0.369 e. The molecule has 0 rings (SSSR count). The summed E-state index contributed by atoms with van der Waals surface area (Å²) in [4.78, 5) is 14.2. The van der Waals surface area contributed by atoms with E-state index in [1.807, 2.05) is 0 Å². The number of hydrogen-bond donors (Lipinski definition) is 0. The highest BCUT2D eigenvalue weighted by atomic mass is 16.1. The molecule has 0 aliphatic rings. The Morgan fingerprint density at radius 1 is 1.71 bits per heavy atom. The van der Waals surface area contributed by atoms with E-state index < -0.39 is 0 Å². The fraction of sp³-hybridized carbons (Fsp3) is 0.500. The van der Waals surface area contributed by atoms with Crippen LogP contribution in [0.25, 0.3) is 0 Å². The predicted molar refractivity (Wildman–Crippen MR) is 27.9 cm³/mol. The number of carbonyl (C=O) groups excluding carboxylic acids is 1. The minimum absolute atomic E-state index is 1.38. The van der Waals surface area contributed by atoms with Crippen LogP contribution in [0.3, 0.4) is 0 Å². The van der Waals surface area contributed by atoms with E-state index in [1.54, 1.807) is 19.0 Å². The lowest BCUT2D eigenvalue weighted by Crippen LogP contribution is -2.07. The van der Waals surface area contributed by atoms with E-state index in [0.717, 1.165) is 0 Å². The van der Waals surface area contributed by atoms with Crippen LogP contribution in [-0.4, -0.2) is 31.7 Å². The van der Waals surface area contributed by atoms with E-state index in [4.69, 9.17) is 0 Å². The summed E-state index contributed by atoms with van der Waals surface area (Å²) < 4.78 is 0. The third-order valence-corrected chi connectivity index (χ3v) is 0.341. The molecule has 0 aromatic heterocycles. The molecule has 0 bridgehead atoms. The third-order valence-electron chi connectivity index (χ3n) is 0.341. The number of amides is 1. The molecule has 0 saturated heterocycles. The van der Waals surface area contributed by atoms with Crippen LogP contribution >= 0.6 is 0 Å². The van der Waals surface area contributed by atoms with Crippen LogP contribution in [0.1, 0.15) is 0 Å². The van der Waals surface area contributed by atoms with Crippen LogP contribution in [0.15, 0.2) is 4.99 Å². The fourth-order valence-corrected chi connectivity index (χ4v) is 0.139. The van der Waals surface area contributed by atoms with Crippen molar-refractivity contribution in [2.75, 3.05) is 14.1 Å². The number of aliphatic imine (C=N–C) groups is 1. The Bertz CT molecular complexity index is 77.8. The highest BCUT2D eigenvalue weighted by Gasteiger charge is 1.71. The van der Waals surface area contributed by atoms with Crippen molar-refractivity contribution in [1.29, 1.82) is 0 Å². The molecule has 0 spiro atoms.